The van der Waals surface area contributed by atoms with Gasteiger partial charge in [-0.3, -0.25) is 4.79 Å². The number of rotatable bonds is 0. The van der Waals surface area contributed by atoms with Gasteiger partial charge in [-0.2, -0.15) is 0 Å². The number of hydrogen-bond acceptors (Lipinski definition) is 1. The van der Waals surface area contributed by atoms with Crippen LogP contribution in [0.3, 0.4) is 0 Å². The predicted octanol–water partition coefficient (Wildman–Crippen LogP) is 1.73. The smallest absolute Gasteiger partial charge is 0.227 e. The molecule has 0 atom stereocenters. The molecule has 0 saturated heterocycles. The van der Waals surface area contributed by atoms with Crippen LogP contribution in [0.5, 0.6) is 0 Å². The Morgan fingerprint density at radius 1 is 1.38 bits per heavy atom. The Kier molecular flexibility index (Phi) is 1.79. The minimum Gasteiger partial charge on any atom is -0.315 e. The van der Waals surface area contributed by atoms with Crippen molar-refractivity contribution in [2.75, 3.05) is 11.9 Å². The highest BCUT2D eigenvalue weighted by atomic mass is 19.1. The lowest BCUT2D eigenvalue weighted by atomic mass is 10.0. The quantitative estimate of drug-likeness (QED) is 0.594. The van der Waals surface area contributed by atoms with E-state index in [-0.39, 0.29) is 11.7 Å². The number of fused-ring (bicyclic) bond motifs is 1. The number of nitrogens with zero attached hydrogens (tertiary/aromatic N) is 1. The first kappa shape index (κ1) is 8.23. The number of halogens is 1. The summed E-state index contributed by atoms with van der Waals surface area (Å²) in [5.41, 5.74) is 1.36. The Bertz CT molecular complexity index is 362. The Morgan fingerprint density at radius 2 is 2.15 bits per heavy atom. The monoisotopic (exact) mass is 179 g/mol. The third-order valence-corrected chi connectivity index (χ3v) is 2.42. The molecule has 13 heavy (non-hydrogen) atoms. The van der Waals surface area contributed by atoms with Gasteiger partial charge >= 0.3 is 0 Å². The average molecular weight is 179 g/mol. The second-order valence-electron chi connectivity index (χ2n) is 3.19. The van der Waals surface area contributed by atoms with Gasteiger partial charge in [-0.1, -0.05) is 6.07 Å². The zero-order chi connectivity index (χ0) is 9.42. The van der Waals surface area contributed by atoms with Gasteiger partial charge in [-0.15, -0.1) is 0 Å². The van der Waals surface area contributed by atoms with Gasteiger partial charge in [0.25, 0.3) is 0 Å². The van der Waals surface area contributed by atoms with E-state index < -0.39 is 0 Å². The van der Waals surface area contributed by atoms with Crippen LogP contribution in [0.2, 0.25) is 0 Å². The number of amides is 1. The lowest BCUT2D eigenvalue weighted by molar-refractivity contribution is -0.118. The molecule has 2 nitrogen and oxygen atoms in total. The summed E-state index contributed by atoms with van der Waals surface area (Å²) in [6.45, 7) is 0. The molecule has 0 aromatic heterocycles. The molecule has 1 amide bonds. The standard InChI is InChI=1S/C10H10FNO/c1-12-9-4-2-3-8(11)7(9)5-6-10(12)13/h2-4H,5-6H2,1H3. The predicted molar refractivity (Wildman–Crippen MR) is 48.1 cm³/mol. The molecule has 0 radical (unpaired) electrons. The molecule has 0 bridgehead atoms. The van der Waals surface area contributed by atoms with Crippen molar-refractivity contribution in [3.63, 3.8) is 0 Å². The van der Waals surface area contributed by atoms with Crippen molar-refractivity contribution in [3.8, 4) is 0 Å². The molecule has 0 fully saturated rings. The molecule has 1 aliphatic heterocycles. The molecule has 2 rings (SSSR count). The third kappa shape index (κ3) is 1.20. The SMILES string of the molecule is CN1C(=O)CCc2c(F)cccc21. The number of carbonyl (C=O) groups is 1. The molecule has 68 valence electrons. The van der Waals surface area contributed by atoms with E-state index in [1.54, 1.807) is 19.2 Å². The van der Waals surface area contributed by atoms with Crippen LogP contribution >= 0.6 is 0 Å². The molecule has 0 aliphatic carbocycles. The summed E-state index contributed by atoms with van der Waals surface area (Å²) in [6.07, 6.45) is 0.926. The second-order valence-corrected chi connectivity index (χ2v) is 3.19. The first-order chi connectivity index (χ1) is 6.20. The van der Waals surface area contributed by atoms with Gasteiger partial charge < -0.3 is 4.90 Å². The molecule has 1 aliphatic rings. The second kappa shape index (κ2) is 2.83. The highest BCUT2D eigenvalue weighted by Gasteiger charge is 2.22. The van der Waals surface area contributed by atoms with Crippen molar-refractivity contribution in [1.29, 1.82) is 0 Å². The summed E-state index contributed by atoms with van der Waals surface area (Å²) in [7, 11) is 1.68. The lowest BCUT2D eigenvalue weighted by Crippen LogP contribution is -2.31. The third-order valence-electron chi connectivity index (χ3n) is 2.42. The molecule has 0 spiro atoms. The molecule has 0 saturated carbocycles. The summed E-state index contributed by atoms with van der Waals surface area (Å²) in [6, 6.07) is 4.83. The van der Waals surface area contributed by atoms with E-state index in [4.69, 9.17) is 0 Å². The minimum absolute atomic E-state index is 0.0538. The molecular formula is C10H10FNO. The van der Waals surface area contributed by atoms with Gasteiger partial charge in [0.2, 0.25) is 5.91 Å². The highest BCUT2D eigenvalue weighted by molar-refractivity contribution is 5.95. The summed E-state index contributed by atoms with van der Waals surface area (Å²) in [5, 5.41) is 0. The number of hydrogen-bond donors (Lipinski definition) is 0. The highest BCUT2D eigenvalue weighted by Crippen LogP contribution is 2.28. The summed E-state index contributed by atoms with van der Waals surface area (Å²) >= 11 is 0. The van der Waals surface area contributed by atoms with Gasteiger partial charge in [0.15, 0.2) is 0 Å². The summed E-state index contributed by atoms with van der Waals surface area (Å²) < 4.78 is 13.2. The fraction of sp³-hybridized carbons (Fsp3) is 0.300. The Hall–Kier alpha value is -1.38. The first-order valence-corrected chi connectivity index (χ1v) is 4.24. The Labute approximate surface area is 76.0 Å². The normalized spacial score (nSPS) is 15.8. The lowest BCUT2D eigenvalue weighted by Gasteiger charge is -2.25. The number of carbonyl (C=O) groups excluding carboxylic acids is 1. The maximum absolute atomic E-state index is 13.2. The number of benzene rings is 1. The molecular weight excluding hydrogens is 169 g/mol. The van der Waals surface area contributed by atoms with E-state index in [0.29, 0.717) is 24.1 Å². The Morgan fingerprint density at radius 3 is 2.92 bits per heavy atom. The van der Waals surface area contributed by atoms with E-state index in [1.165, 1.54) is 11.0 Å². The van der Waals surface area contributed by atoms with Crippen LogP contribution in [-0.4, -0.2) is 13.0 Å². The maximum Gasteiger partial charge on any atom is 0.227 e. The van der Waals surface area contributed by atoms with Crippen molar-refractivity contribution in [2.24, 2.45) is 0 Å². The van der Waals surface area contributed by atoms with Crippen molar-refractivity contribution in [1.82, 2.24) is 0 Å². The van der Waals surface area contributed by atoms with E-state index in [9.17, 15) is 9.18 Å². The molecule has 0 unspecified atom stereocenters. The van der Waals surface area contributed by atoms with Crippen LogP contribution in [0.15, 0.2) is 18.2 Å². The summed E-state index contributed by atoms with van der Waals surface area (Å²) in [4.78, 5) is 12.8. The van der Waals surface area contributed by atoms with Gasteiger partial charge in [-0.05, 0) is 18.6 Å². The van der Waals surface area contributed by atoms with Crippen molar-refractivity contribution in [2.45, 2.75) is 12.8 Å². The van der Waals surface area contributed by atoms with Crippen LogP contribution in [0.1, 0.15) is 12.0 Å². The zero-order valence-corrected chi connectivity index (χ0v) is 7.38. The van der Waals surface area contributed by atoms with Crippen LogP contribution in [-0.2, 0) is 11.2 Å². The van der Waals surface area contributed by atoms with Crippen molar-refractivity contribution >= 4 is 11.6 Å². The van der Waals surface area contributed by atoms with Crippen LogP contribution in [0, 0.1) is 5.82 Å². The fourth-order valence-electron chi connectivity index (χ4n) is 1.64. The van der Waals surface area contributed by atoms with E-state index in [1.807, 2.05) is 0 Å². The van der Waals surface area contributed by atoms with Gasteiger partial charge in [0, 0.05) is 24.7 Å². The average Bonchev–Trinajstić information content (AvgIpc) is 2.12. The van der Waals surface area contributed by atoms with E-state index in [0.717, 1.165) is 0 Å². The van der Waals surface area contributed by atoms with Crippen LogP contribution < -0.4 is 4.90 Å². The van der Waals surface area contributed by atoms with Gasteiger partial charge in [0.1, 0.15) is 5.82 Å². The largest absolute Gasteiger partial charge is 0.315 e. The fourth-order valence-corrected chi connectivity index (χ4v) is 1.64. The Balaban J connectivity index is 2.55. The zero-order valence-electron chi connectivity index (χ0n) is 7.38. The molecule has 1 heterocycles. The van der Waals surface area contributed by atoms with Crippen LogP contribution in [0.4, 0.5) is 10.1 Å². The van der Waals surface area contributed by atoms with E-state index in [2.05, 4.69) is 0 Å². The van der Waals surface area contributed by atoms with Gasteiger partial charge in [-0.25, -0.2) is 4.39 Å². The maximum atomic E-state index is 13.2. The van der Waals surface area contributed by atoms with Gasteiger partial charge in [0.05, 0.1) is 0 Å². The van der Waals surface area contributed by atoms with Crippen molar-refractivity contribution in [3.05, 3.63) is 29.6 Å². The number of anilines is 1. The van der Waals surface area contributed by atoms with Crippen molar-refractivity contribution < 1.29 is 9.18 Å². The summed E-state index contributed by atoms with van der Waals surface area (Å²) in [5.74, 6) is -0.157. The molecule has 1 aromatic carbocycles. The van der Waals surface area contributed by atoms with Crippen LogP contribution in [0.25, 0.3) is 0 Å². The molecule has 0 N–H and O–H groups in total. The topological polar surface area (TPSA) is 20.3 Å². The first-order valence-electron chi connectivity index (χ1n) is 4.24. The molecule has 3 heteroatoms. The molecule has 1 aromatic rings. The minimum atomic E-state index is -0.211. The van der Waals surface area contributed by atoms with E-state index >= 15 is 0 Å².